The van der Waals surface area contributed by atoms with Gasteiger partial charge >= 0.3 is 0 Å². The summed E-state index contributed by atoms with van der Waals surface area (Å²) < 4.78 is 0. The molecule has 0 saturated carbocycles. The van der Waals surface area contributed by atoms with E-state index in [1.54, 1.807) is 0 Å². The number of hydrogen-bond donors (Lipinski definition) is 0. The summed E-state index contributed by atoms with van der Waals surface area (Å²) in [6.45, 7) is 15.8. The molecule has 0 aromatic rings. The fourth-order valence-corrected chi connectivity index (χ4v) is 0.722. The van der Waals surface area contributed by atoms with Crippen molar-refractivity contribution in [3.05, 3.63) is 12.2 Å². The van der Waals surface area contributed by atoms with Gasteiger partial charge in [-0.2, -0.15) is 0 Å². The highest BCUT2D eigenvalue weighted by Crippen LogP contribution is 2.28. The van der Waals surface area contributed by atoms with Crippen molar-refractivity contribution in [1.29, 1.82) is 0 Å². The van der Waals surface area contributed by atoms with E-state index in [2.05, 4.69) is 60.6 Å². The van der Waals surface area contributed by atoms with Crippen LogP contribution >= 0.6 is 0 Å². The minimum Gasteiger partial charge on any atom is -0.0846 e. The first-order chi connectivity index (χ1) is 5.13. The van der Waals surface area contributed by atoms with Crippen LogP contribution in [0.15, 0.2) is 12.2 Å². The molecule has 0 saturated heterocycles. The van der Waals surface area contributed by atoms with Gasteiger partial charge in [-0.15, -0.1) is 0 Å². The predicted molar refractivity (Wildman–Crippen MR) is 57.2 cm³/mol. The Morgan fingerprint density at radius 1 is 0.917 bits per heavy atom. The van der Waals surface area contributed by atoms with E-state index in [-0.39, 0.29) is 0 Å². The summed E-state index contributed by atoms with van der Waals surface area (Å²) in [6, 6.07) is 0. The third-order valence-corrected chi connectivity index (χ3v) is 2.25. The Bertz CT molecular complexity index is 150. The molecule has 0 aliphatic rings. The molecule has 1 atom stereocenters. The monoisotopic (exact) mass is 168 g/mol. The van der Waals surface area contributed by atoms with Crippen LogP contribution in [0.5, 0.6) is 0 Å². The smallest absolute Gasteiger partial charge is 0.0203 e. The SMILES string of the molecule is C[C@@H](/C=C/C(C)(C)C)C(C)(C)C. The maximum atomic E-state index is 2.33. The van der Waals surface area contributed by atoms with Gasteiger partial charge in [0.2, 0.25) is 0 Å². The normalized spacial score (nSPS) is 16.9. The Morgan fingerprint density at radius 3 is 1.58 bits per heavy atom. The third-order valence-electron chi connectivity index (χ3n) is 2.25. The van der Waals surface area contributed by atoms with Gasteiger partial charge in [0.05, 0.1) is 0 Å². The first-order valence-corrected chi connectivity index (χ1v) is 4.82. The molecule has 0 aromatic heterocycles. The zero-order valence-corrected chi connectivity index (χ0v) is 9.73. The average Bonchev–Trinajstić information content (AvgIpc) is 1.78. The molecular weight excluding hydrogens is 144 g/mol. The van der Waals surface area contributed by atoms with Crippen molar-refractivity contribution in [2.75, 3.05) is 0 Å². The van der Waals surface area contributed by atoms with Gasteiger partial charge in [-0.3, -0.25) is 0 Å². The highest BCUT2D eigenvalue weighted by atomic mass is 14.2. The van der Waals surface area contributed by atoms with Crippen LogP contribution in [0.25, 0.3) is 0 Å². The van der Waals surface area contributed by atoms with Crippen LogP contribution in [0.1, 0.15) is 48.5 Å². The van der Waals surface area contributed by atoms with Crippen LogP contribution in [0.4, 0.5) is 0 Å². The van der Waals surface area contributed by atoms with Gasteiger partial charge in [0, 0.05) is 0 Å². The summed E-state index contributed by atoms with van der Waals surface area (Å²) in [6.07, 6.45) is 4.64. The first kappa shape index (κ1) is 11.7. The van der Waals surface area contributed by atoms with E-state index in [4.69, 9.17) is 0 Å². The Hall–Kier alpha value is -0.260. The van der Waals surface area contributed by atoms with E-state index in [1.807, 2.05) is 0 Å². The summed E-state index contributed by atoms with van der Waals surface area (Å²) >= 11 is 0. The van der Waals surface area contributed by atoms with Gasteiger partial charge in [0.15, 0.2) is 0 Å². The van der Waals surface area contributed by atoms with Gasteiger partial charge in [0.25, 0.3) is 0 Å². The second kappa shape index (κ2) is 3.64. The number of rotatable bonds is 1. The summed E-state index contributed by atoms with van der Waals surface area (Å²) in [4.78, 5) is 0. The lowest BCUT2D eigenvalue weighted by Gasteiger charge is -2.25. The zero-order valence-electron chi connectivity index (χ0n) is 9.73. The van der Waals surface area contributed by atoms with Crippen molar-refractivity contribution in [2.24, 2.45) is 16.7 Å². The fraction of sp³-hybridized carbons (Fsp3) is 0.833. The number of hydrogen-bond acceptors (Lipinski definition) is 0. The molecule has 0 rings (SSSR count). The van der Waals surface area contributed by atoms with Gasteiger partial charge in [-0.25, -0.2) is 0 Å². The van der Waals surface area contributed by atoms with Gasteiger partial charge in [0.1, 0.15) is 0 Å². The van der Waals surface area contributed by atoms with Gasteiger partial charge in [-0.1, -0.05) is 60.6 Å². The van der Waals surface area contributed by atoms with Crippen molar-refractivity contribution in [3.8, 4) is 0 Å². The molecule has 72 valence electrons. The minimum absolute atomic E-state index is 0.319. The van der Waals surface area contributed by atoms with Gasteiger partial charge in [-0.05, 0) is 16.7 Å². The second-order valence-electron chi connectivity index (χ2n) is 5.88. The maximum absolute atomic E-state index is 2.33. The highest BCUT2D eigenvalue weighted by Gasteiger charge is 2.17. The lowest BCUT2D eigenvalue weighted by Crippen LogP contribution is -2.15. The van der Waals surface area contributed by atoms with Crippen molar-refractivity contribution >= 4 is 0 Å². The average molecular weight is 168 g/mol. The summed E-state index contributed by atoms with van der Waals surface area (Å²) in [5, 5.41) is 0. The van der Waals surface area contributed by atoms with E-state index in [9.17, 15) is 0 Å². The topological polar surface area (TPSA) is 0 Å². The summed E-state index contributed by atoms with van der Waals surface area (Å²) in [5.41, 5.74) is 0.710. The van der Waals surface area contributed by atoms with Crippen molar-refractivity contribution in [2.45, 2.75) is 48.5 Å². The minimum atomic E-state index is 0.319. The standard InChI is InChI=1S/C12H24/c1-10(12(5,6)7)8-9-11(2,3)4/h8-10H,1-7H3/b9-8+/t10-/m0/s1. The van der Waals surface area contributed by atoms with Crippen LogP contribution < -0.4 is 0 Å². The molecular formula is C12H24. The van der Waals surface area contributed by atoms with E-state index in [0.717, 1.165) is 0 Å². The Labute approximate surface area is 78.1 Å². The molecule has 0 aliphatic heterocycles. The van der Waals surface area contributed by atoms with E-state index in [1.165, 1.54) is 0 Å². The van der Waals surface area contributed by atoms with Gasteiger partial charge < -0.3 is 0 Å². The molecule has 0 nitrogen and oxygen atoms in total. The summed E-state index contributed by atoms with van der Waals surface area (Å²) in [7, 11) is 0. The van der Waals surface area contributed by atoms with Crippen molar-refractivity contribution in [1.82, 2.24) is 0 Å². The lowest BCUT2D eigenvalue weighted by molar-refractivity contribution is 0.312. The molecule has 12 heavy (non-hydrogen) atoms. The van der Waals surface area contributed by atoms with Crippen LogP contribution in [0.3, 0.4) is 0 Å². The van der Waals surface area contributed by atoms with Crippen molar-refractivity contribution < 1.29 is 0 Å². The number of allylic oxidation sites excluding steroid dienone is 2. The maximum Gasteiger partial charge on any atom is -0.0203 e. The molecule has 0 radical (unpaired) electrons. The molecule has 0 aliphatic carbocycles. The Balaban J connectivity index is 4.19. The molecule has 0 heteroatoms. The molecule has 0 fully saturated rings. The zero-order chi connectivity index (χ0) is 9.99. The first-order valence-electron chi connectivity index (χ1n) is 4.82. The Morgan fingerprint density at radius 2 is 1.33 bits per heavy atom. The Kier molecular flexibility index (Phi) is 3.56. The quantitative estimate of drug-likeness (QED) is 0.513. The molecule has 0 unspecified atom stereocenters. The molecule has 0 amide bonds. The summed E-state index contributed by atoms with van der Waals surface area (Å²) in [5.74, 6) is 0.650. The largest absolute Gasteiger partial charge is 0.0846 e. The molecule has 0 N–H and O–H groups in total. The van der Waals surface area contributed by atoms with Crippen LogP contribution in [-0.2, 0) is 0 Å². The molecule has 0 spiro atoms. The van der Waals surface area contributed by atoms with E-state index in [0.29, 0.717) is 16.7 Å². The van der Waals surface area contributed by atoms with Crippen LogP contribution in [-0.4, -0.2) is 0 Å². The van der Waals surface area contributed by atoms with E-state index < -0.39 is 0 Å². The lowest BCUT2D eigenvalue weighted by atomic mass is 9.80. The van der Waals surface area contributed by atoms with Crippen LogP contribution in [0, 0.1) is 16.7 Å². The van der Waals surface area contributed by atoms with Crippen LogP contribution in [0.2, 0.25) is 0 Å². The second-order valence-corrected chi connectivity index (χ2v) is 5.88. The third kappa shape index (κ3) is 5.40. The molecule has 0 heterocycles. The van der Waals surface area contributed by atoms with Crippen molar-refractivity contribution in [3.63, 3.8) is 0 Å². The fourth-order valence-electron chi connectivity index (χ4n) is 0.722. The molecule has 0 bridgehead atoms. The van der Waals surface area contributed by atoms with E-state index >= 15 is 0 Å². The molecule has 0 aromatic carbocycles. The predicted octanol–water partition coefficient (Wildman–Crippen LogP) is 4.27. The highest BCUT2D eigenvalue weighted by molar-refractivity contribution is 4.97.